The molecule has 1 fully saturated rings. The van der Waals surface area contributed by atoms with Gasteiger partial charge in [-0.2, -0.15) is 0 Å². The van der Waals surface area contributed by atoms with Crippen LogP contribution in [0.15, 0.2) is 29.3 Å². The predicted octanol–water partition coefficient (Wildman–Crippen LogP) is 3.56. The van der Waals surface area contributed by atoms with Crippen LogP contribution in [0.3, 0.4) is 0 Å². The fourth-order valence-electron chi connectivity index (χ4n) is 2.93. The molecule has 0 amide bonds. The number of rotatable bonds is 6. The molecule has 2 N–H and O–H groups in total. The van der Waals surface area contributed by atoms with Crippen LogP contribution in [0.1, 0.15) is 51.6 Å². The summed E-state index contributed by atoms with van der Waals surface area (Å²) in [6.07, 6.45) is 3.77. The molecular weight excluding hydrogens is 284 g/mol. The van der Waals surface area contributed by atoms with Crippen molar-refractivity contribution in [1.82, 2.24) is 10.6 Å². The maximum absolute atomic E-state index is 4.33. The van der Waals surface area contributed by atoms with Crippen LogP contribution in [-0.2, 0) is 0 Å². The lowest BCUT2D eigenvalue weighted by Crippen LogP contribution is -2.39. The van der Waals surface area contributed by atoms with Gasteiger partial charge in [-0.3, -0.25) is 4.99 Å². The summed E-state index contributed by atoms with van der Waals surface area (Å²) in [5, 5.41) is 6.89. The fourth-order valence-corrected chi connectivity index (χ4v) is 2.93. The molecule has 23 heavy (non-hydrogen) atoms. The molecule has 0 radical (unpaired) electrons. The second-order valence-corrected chi connectivity index (χ2v) is 6.84. The third-order valence-electron chi connectivity index (χ3n) is 4.43. The van der Waals surface area contributed by atoms with Gasteiger partial charge in [0.2, 0.25) is 0 Å². The van der Waals surface area contributed by atoms with E-state index in [1.54, 1.807) is 0 Å². The number of anilines is 1. The van der Waals surface area contributed by atoms with Gasteiger partial charge in [0.25, 0.3) is 0 Å². The zero-order valence-electron chi connectivity index (χ0n) is 15.1. The van der Waals surface area contributed by atoms with Crippen LogP contribution < -0.4 is 15.5 Å². The SMILES string of the molecule is CN=C(NCCC(C)C)NC(C)c1cccc(N2CCCC2)c1. The first-order chi connectivity index (χ1) is 11.1. The first-order valence-corrected chi connectivity index (χ1v) is 8.92. The van der Waals surface area contributed by atoms with Crippen LogP contribution in [0, 0.1) is 5.92 Å². The van der Waals surface area contributed by atoms with Crippen molar-refractivity contribution < 1.29 is 0 Å². The summed E-state index contributed by atoms with van der Waals surface area (Å²) in [6.45, 7) is 10.00. The van der Waals surface area contributed by atoms with Gasteiger partial charge >= 0.3 is 0 Å². The Morgan fingerprint density at radius 1 is 1.22 bits per heavy atom. The third-order valence-corrected chi connectivity index (χ3v) is 4.43. The highest BCUT2D eigenvalue weighted by molar-refractivity contribution is 5.80. The molecule has 1 atom stereocenters. The topological polar surface area (TPSA) is 39.7 Å². The zero-order chi connectivity index (χ0) is 16.7. The number of hydrogen-bond acceptors (Lipinski definition) is 2. The average Bonchev–Trinajstić information content (AvgIpc) is 3.08. The quantitative estimate of drug-likeness (QED) is 0.623. The maximum Gasteiger partial charge on any atom is 0.191 e. The monoisotopic (exact) mass is 316 g/mol. The Bertz CT molecular complexity index is 504. The molecule has 1 aliphatic heterocycles. The van der Waals surface area contributed by atoms with Crippen LogP contribution in [0.2, 0.25) is 0 Å². The van der Waals surface area contributed by atoms with E-state index in [-0.39, 0.29) is 6.04 Å². The van der Waals surface area contributed by atoms with Gasteiger partial charge in [0, 0.05) is 32.4 Å². The molecule has 1 heterocycles. The summed E-state index contributed by atoms with van der Waals surface area (Å²) in [6, 6.07) is 9.12. The van der Waals surface area contributed by atoms with Gasteiger partial charge in [0.05, 0.1) is 6.04 Å². The number of nitrogens with one attached hydrogen (secondary N) is 2. The Hall–Kier alpha value is -1.71. The first-order valence-electron chi connectivity index (χ1n) is 8.92. The minimum Gasteiger partial charge on any atom is -0.372 e. The third kappa shape index (κ3) is 5.45. The van der Waals surface area contributed by atoms with E-state index in [0.717, 1.165) is 18.9 Å². The van der Waals surface area contributed by atoms with E-state index in [1.807, 2.05) is 7.05 Å². The van der Waals surface area contributed by atoms with Gasteiger partial charge in [-0.1, -0.05) is 26.0 Å². The number of aliphatic imine (C=N–C) groups is 1. The predicted molar refractivity (Wildman–Crippen MR) is 100 cm³/mol. The number of hydrogen-bond donors (Lipinski definition) is 2. The van der Waals surface area contributed by atoms with E-state index in [9.17, 15) is 0 Å². The van der Waals surface area contributed by atoms with Crippen molar-refractivity contribution in [1.29, 1.82) is 0 Å². The molecule has 1 aromatic carbocycles. The van der Waals surface area contributed by atoms with Crippen LogP contribution in [0.4, 0.5) is 5.69 Å². The molecule has 1 aliphatic rings. The molecule has 1 saturated heterocycles. The summed E-state index contributed by atoms with van der Waals surface area (Å²) in [4.78, 5) is 6.81. The van der Waals surface area contributed by atoms with Gasteiger partial charge in [-0.15, -0.1) is 0 Å². The minimum absolute atomic E-state index is 0.239. The summed E-state index contributed by atoms with van der Waals surface area (Å²) in [5.41, 5.74) is 2.65. The Kier molecular flexibility index (Phi) is 6.75. The lowest BCUT2D eigenvalue weighted by Gasteiger charge is -2.22. The molecule has 4 heteroatoms. The van der Waals surface area contributed by atoms with E-state index in [4.69, 9.17) is 0 Å². The van der Waals surface area contributed by atoms with Gasteiger partial charge in [-0.25, -0.2) is 0 Å². The summed E-state index contributed by atoms with van der Waals surface area (Å²) in [5.74, 6) is 1.58. The largest absolute Gasteiger partial charge is 0.372 e. The standard InChI is InChI=1S/C19H32N4/c1-15(2)10-11-21-19(20-4)22-16(3)17-8-7-9-18(14-17)23-12-5-6-13-23/h7-9,14-16H,5-6,10-13H2,1-4H3,(H2,20,21,22). The average molecular weight is 316 g/mol. The fraction of sp³-hybridized carbons (Fsp3) is 0.632. The van der Waals surface area contributed by atoms with Crippen molar-refractivity contribution in [3.63, 3.8) is 0 Å². The molecule has 1 aromatic rings. The molecule has 4 nitrogen and oxygen atoms in total. The van der Waals surface area contributed by atoms with Crippen molar-refractivity contribution in [3.8, 4) is 0 Å². The molecule has 0 saturated carbocycles. The molecule has 0 aliphatic carbocycles. The van der Waals surface area contributed by atoms with Gasteiger partial charge in [0.15, 0.2) is 5.96 Å². The van der Waals surface area contributed by atoms with Crippen LogP contribution >= 0.6 is 0 Å². The minimum atomic E-state index is 0.239. The highest BCUT2D eigenvalue weighted by Gasteiger charge is 2.14. The van der Waals surface area contributed by atoms with Gasteiger partial charge in [-0.05, 0) is 49.8 Å². The zero-order valence-corrected chi connectivity index (χ0v) is 15.1. The molecule has 0 bridgehead atoms. The second kappa shape index (κ2) is 8.80. The van der Waals surface area contributed by atoms with Crippen molar-refractivity contribution in [2.45, 2.75) is 46.1 Å². The van der Waals surface area contributed by atoms with E-state index >= 15 is 0 Å². The normalized spacial score (nSPS) is 16.7. The first kappa shape index (κ1) is 17.6. The Morgan fingerprint density at radius 2 is 1.96 bits per heavy atom. The summed E-state index contributed by atoms with van der Waals surface area (Å²) >= 11 is 0. The van der Waals surface area contributed by atoms with E-state index in [1.165, 1.54) is 37.2 Å². The Labute approximate surface area is 141 Å². The Balaban J connectivity index is 1.93. The van der Waals surface area contributed by atoms with Gasteiger partial charge < -0.3 is 15.5 Å². The number of nitrogens with zero attached hydrogens (tertiary/aromatic N) is 2. The molecule has 0 aromatic heterocycles. The molecular formula is C19H32N4. The lowest BCUT2D eigenvalue weighted by molar-refractivity contribution is 0.569. The summed E-state index contributed by atoms with van der Waals surface area (Å²) < 4.78 is 0. The van der Waals surface area contributed by atoms with Crippen molar-refractivity contribution in [3.05, 3.63) is 29.8 Å². The molecule has 2 rings (SSSR count). The van der Waals surface area contributed by atoms with Crippen molar-refractivity contribution >= 4 is 11.6 Å². The van der Waals surface area contributed by atoms with E-state index in [2.05, 4.69) is 65.6 Å². The van der Waals surface area contributed by atoms with Gasteiger partial charge in [0.1, 0.15) is 0 Å². The van der Waals surface area contributed by atoms with E-state index in [0.29, 0.717) is 5.92 Å². The Morgan fingerprint density at radius 3 is 2.61 bits per heavy atom. The number of benzene rings is 1. The summed E-state index contributed by atoms with van der Waals surface area (Å²) in [7, 11) is 1.83. The highest BCUT2D eigenvalue weighted by atomic mass is 15.2. The lowest BCUT2D eigenvalue weighted by atomic mass is 10.1. The van der Waals surface area contributed by atoms with Crippen LogP contribution in [0.25, 0.3) is 0 Å². The smallest absolute Gasteiger partial charge is 0.191 e. The van der Waals surface area contributed by atoms with Crippen LogP contribution in [0.5, 0.6) is 0 Å². The molecule has 0 spiro atoms. The maximum atomic E-state index is 4.33. The van der Waals surface area contributed by atoms with Crippen molar-refractivity contribution in [2.24, 2.45) is 10.9 Å². The molecule has 1 unspecified atom stereocenters. The van der Waals surface area contributed by atoms with Crippen LogP contribution in [-0.4, -0.2) is 32.6 Å². The van der Waals surface area contributed by atoms with Crippen molar-refractivity contribution in [2.75, 3.05) is 31.6 Å². The number of guanidine groups is 1. The second-order valence-electron chi connectivity index (χ2n) is 6.84. The van der Waals surface area contributed by atoms with E-state index < -0.39 is 0 Å². The molecule has 128 valence electrons. The highest BCUT2D eigenvalue weighted by Crippen LogP contribution is 2.23.